The molecule has 0 aromatic heterocycles. The molecule has 4 aliphatic rings. The van der Waals surface area contributed by atoms with Crippen LogP contribution in [0.5, 0.6) is 0 Å². The Bertz CT molecular complexity index is 490. The van der Waals surface area contributed by atoms with Gasteiger partial charge < -0.3 is 14.2 Å². The van der Waals surface area contributed by atoms with E-state index in [0.29, 0.717) is 12.3 Å². The summed E-state index contributed by atoms with van der Waals surface area (Å²) in [5.41, 5.74) is 0. The number of halogens is 1. The van der Waals surface area contributed by atoms with Crippen molar-refractivity contribution in [3.8, 4) is 0 Å². The lowest BCUT2D eigenvalue weighted by Crippen LogP contribution is -2.45. The fourth-order valence-electron chi connectivity index (χ4n) is 3.87. The molecule has 0 amide bonds. The molecule has 4 bridgehead atoms. The standard InChI is InChI=1S/C15H19ClO6/c1-7(16)14(18)20-6-12(17)22-13-9-2-8-3-10(5-9)15(19)21-11(13)4-8/h7-11,13H,2-6H2,1H3. The van der Waals surface area contributed by atoms with E-state index in [1.165, 1.54) is 6.92 Å². The minimum Gasteiger partial charge on any atom is -0.458 e. The van der Waals surface area contributed by atoms with Gasteiger partial charge in [0.2, 0.25) is 0 Å². The van der Waals surface area contributed by atoms with Gasteiger partial charge in [0.25, 0.3) is 0 Å². The van der Waals surface area contributed by atoms with Gasteiger partial charge in [-0.2, -0.15) is 0 Å². The lowest BCUT2D eigenvalue weighted by Gasteiger charge is -2.41. The second-order valence-corrected chi connectivity index (χ2v) is 7.07. The summed E-state index contributed by atoms with van der Waals surface area (Å²) < 4.78 is 15.7. The Labute approximate surface area is 133 Å². The maximum absolute atomic E-state index is 11.9. The summed E-state index contributed by atoms with van der Waals surface area (Å²) >= 11 is 5.56. The molecule has 2 saturated carbocycles. The second-order valence-electron chi connectivity index (χ2n) is 6.42. The summed E-state index contributed by atoms with van der Waals surface area (Å²) in [4.78, 5) is 35.1. The Morgan fingerprint density at radius 3 is 2.82 bits per heavy atom. The van der Waals surface area contributed by atoms with Crippen molar-refractivity contribution >= 4 is 29.5 Å². The Kier molecular flexibility index (Phi) is 4.30. The van der Waals surface area contributed by atoms with Crippen molar-refractivity contribution in [2.24, 2.45) is 17.8 Å². The molecular formula is C15H19ClO6. The summed E-state index contributed by atoms with van der Waals surface area (Å²) in [6, 6.07) is 0. The number of carbonyl (C=O) groups is 3. The number of hydrogen-bond acceptors (Lipinski definition) is 6. The molecular weight excluding hydrogens is 312 g/mol. The Hall–Kier alpha value is -1.30. The monoisotopic (exact) mass is 330 g/mol. The van der Waals surface area contributed by atoms with Gasteiger partial charge in [0, 0.05) is 5.92 Å². The maximum atomic E-state index is 11.9. The lowest BCUT2D eigenvalue weighted by atomic mass is 9.67. The highest BCUT2D eigenvalue weighted by Gasteiger charge is 2.51. The van der Waals surface area contributed by atoms with Crippen LogP contribution in [0.3, 0.4) is 0 Å². The van der Waals surface area contributed by atoms with Crippen LogP contribution in [-0.2, 0) is 28.6 Å². The van der Waals surface area contributed by atoms with Crippen LogP contribution in [0.1, 0.15) is 32.6 Å². The number of ether oxygens (including phenoxy) is 3. The SMILES string of the molecule is CC(Cl)C(=O)OCC(=O)OC1C2CC3CC(C2)C(=O)OC1C3. The van der Waals surface area contributed by atoms with E-state index >= 15 is 0 Å². The third-order valence-electron chi connectivity index (χ3n) is 4.76. The van der Waals surface area contributed by atoms with E-state index in [0.717, 1.165) is 19.3 Å². The number of alkyl halides is 1. The highest BCUT2D eigenvalue weighted by atomic mass is 35.5. The van der Waals surface area contributed by atoms with Crippen molar-refractivity contribution in [2.45, 2.75) is 50.2 Å². The van der Waals surface area contributed by atoms with Crippen molar-refractivity contribution in [1.29, 1.82) is 0 Å². The van der Waals surface area contributed by atoms with E-state index in [-0.39, 0.29) is 23.9 Å². The molecule has 0 aromatic carbocycles. The molecule has 6 nitrogen and oxygen atoms in total. The van der Waals surface area contributed by atoms with Gasteiger partial charge in [0.15, 0.2) is 6.61 Å². The minimum absolute atomic E-state index is 0.0626. The van der Waals surface area contributed by atoms with E-state index in [1.807, 2.05) is 0 Å². The number of carbonyl (C=O) groups excluding carboxylic acids is 3. The van der Waals surface area contributed by atoms with Crippen LogP contribution in [-0.4, -0.2) is 42.1 Å². The molecule has 0 aromatic rings. The van der Waals surface area contributed by atoms with Gasteiger partial charge in [-0.1, -0.05) is 0 Å². The topological polar surface area (TPSA) is 78.9 Å². The average Bonchev–Trinajstić information content (AvgIpc) is 2.62. The predicted octanol–water partition coefficient (Wildman–Crippen LogP) is 1.43. The Balaban J connectivity index is 1.59. The first kappa shape index (κ1) is 15.6. The van der Waals surface area contributed by atoms with Crippen LogP contribution >= 0.6 is 11.6 Å². The first-order valence-electron chi connectivity index (χ1n) is 7.64. The normalized spacial score (nSPS) is 37.2. The second kappa shape index (κ2) is 6.07. The van der Waals surface area contributed by atoms with Crippen molar-refractivity contribution in [3.63, 3.8) is 0 Å². The smallest absolute Gasteiger partial charge is 0.344 e. The number of fused-ring (bicyclic) bond motifs is 1. The lowest BCUT2D eigenvalue weighted by molar-refractivity contribution is -0.178. The van der Waals surface area contributed by atoms with Gasteiger partial charge in [-0.25, -0.2) is 4.79 Å². The van der Waals surface area contributed by atoms with Crippen LogP contribution in [0.4, 0.5) is 0 Å². The van der Waals surface area contributed by atoms with E-state index in [9.17, 15) is 14.4 Å². The molecule has 122 valence electrons. The molecule has 7 heteroatoms. The molecule has 2 aliphatic carbocycles. The minimum atomic E-state index is -0.807. The van der Waals surface area contributed by atoms with Crippen LogP contribution < -0.4 is 0 Å². The predicted molar refractivity (Wildman–Crippen MR) is 75.0 cm³/mol. The fraction of sp³-hybridized carbons (Fsp3) is 0.800. The number of esters is 3. The van der Waals surface area contributed by atoms with Crippen LogP contribution in [0, 0.1) is 17.8 Å². The zero-order valence-electron chi connectivity index (χ0n) is 12.3. The van der Waals surface area contributed by atoms with E-state index in [1.54, 1.807) is 0 Å². The van der Waals surface area contributed by atoms with Crippen molar-refractivity contribution in [2.75, 3.05) is 6.61 Å². The van der Waals surface area contributed by atoms with Crippen molar-refractivity contribution in [1.82, 2.24) is 0 Å². The summed E-state index contributed by atoms with van der Waals surface area (Å²) in [6.07, 6.45) is 2.51. The summed E-state index contributed by atoms with van der Waals surface area (Å²) in [6.45, 7) is 1.00. The van der Waals surface area contributed by atoms with E-state index < -0.39 is 30.0 Å². The molecule has 0 N–H and O–H groups in total. The molecule has 4 fully saturated rings. The van der Waals surface area contributed by atoms with E-state index in [4.69, 9.17) is 25.8 Å². The molecule has 4 rings (SSSR count). The zero-order valence-corrected chi connectivity index (χ0v) is 13.1. The van der Waals surface area contributed by atoms with Crippen molar-refractivity contribution < 1.29 is 28.6 Å². The summed E-state index contributed by atoms with van der Waals surface area (Å²) in [7, 11) is 0. The molecule has 2 saturated heterocycles. The molecule has 22 heavy (non-hydrogen) atoms. The molecule has 0 spiro atoms. The van der Waals surface area contributed by atoms with E-state index in [2.05, 4.69) is 0 Å². The van der Waals surface area contributed by atoms with Gasteiger partial charge in [-0.15, -0.1) is 11.6 Å². The largest absolute Gasteiger partial charge is 0.458 e. The fourth-order valence-corrected chi connectivity index (χ4v) is 3.93. The molecule has 6 atom stereocenters. The van der Waals surface area contributed by atoms with Gasteiger partial charge >= 0.3 is 17.9 Å². The third kappa shape index (κ3) is 3.07. The first-order valence-corrected chi connectivity index (χ1v) is 8.08. The first-order chi connectivity index (χ1) is 10.4. The van der Waals surface area contributed by atoms with Gasteiger partial charge in [0.05, 0.1) is 5.92 Å². The van der Waals surface area contributed by atoms with Crippen LogP contribution in [0.15, 0.2) is 0 Å². The van der Waals surface area contributed by atoms with Crippen LogP contribution in [0.2, 0.25) is 0 Å². The third-order valence-corrected chi connectivity index (χ3v) is 4.94. The van der Waals surface area contributed by atoms with Gasteiger partial charge in [0.1, 0.15) is 17.6 Å². The molecule has 2 aliphatic heterocycles. The summed E-state index contributed by atoms with van der Waals surface area (Å²) in [5, 5.41) is -0.807. The van der Waals surface area contributed by atoms with Crippen LogP contribution in [0.25, 0.3) is 0 Å². The molecule has 6 unspecified atom stereocenters. The quantitative estimate of drug-likeness (QED) is 0.441. The van der Waals surface area contributed by atoms with Gasteiger partial charge in [-0.05, 0) is 38.5 Å². The number of rotatable bonds is 4. The average molecular weight is 331 g/mol. The Morgan fingerprint density at radius 1 is 1.32 bits per heavy atom. The molecule has 0 radical (unpaired) electrons. The number of hydrogen-bond donors (Lipinski definition) is 0. The van der Waals surface area contributed by atoms with Gasteiger partial charge in [-0.3, -0.25) is 9.59 Å². The van der Waals surface area contributed by atoms with Crippen molar-refractivity contribution in [3.05, 3.63) is 0 Å². The molecule has 2 heterocycles. The Morgan fingerprint density at radius 2 is 2.09 bits per heavy atom. The summed E-state index contributed by atoms with van der Waals surface area (Å²) in [5.74, 6) is -0.886. The highest BCUT2D eigenvalue weighted by Crippen LogP contribution is 2.48. The zero-order chi connectivity index (χ0) is 15.9. The maximum Gasteiger partial charge on any atom is 0.344 e. The highest BCUT2D eigenvalue weighted by molar-refractivity contribution is 6.29.